The minimum Gasteiger partial charge on any atom is -0.480 e. The van der Waals surface area contributed by atoms with Gasteiger partial charge in [0, 0.05) is 0 Å². The lowest BCUT2D eigenvalue weighted by Crippen LogP contribution is -2.57. The van der Waals surface area contributed by atoms with Crippen molar-refractivity contribution in [1.29, 1.82) is 0 Å². The van der Waals surface area contributed by atoms with E-state index in [0.29, 0.717) is 25.2 Å². The van der Waals surface area contributed by atoms with Crippen LogP contribution in [0.1, 0.15) is 52.4 Å². The molecule has 0 atom stereocenters. The Morgan fingerprint density at radius 3 is 2.24 bits per heavy atom. The Morgan fingerprint density at radius 1 is 1.24 bits per heavy atom. The van der Waals surface area contributed by atoms with Crippen molar-refractivity contribution in [2.24, 2.45) is 5.92 Å². The minimum absolute atomic E-state index is 0.0571. The molecule has 7 heteroatoms. The van der Waals surface area contributed by atoms with Gasteiger partial charge in [-0.25, -0.2) is 13.2 Å². The van der Waals surface area contributed by atoms with Gasteiger partial charge in [-0.05, 0) is 38.0 Å². The van der Waals surface area contributed by atoms with Crippen molar-refractivity contribution in [2.75, 3.05) is 11.5 Å². The van der Waals surface area contributed by atoms with Crippen LogP contribution < -0.4 is 5.32 Å². The molecule has 0 aromatic rings. The van der Waals surface area contributed by atoms with Gasteiger partial charge in [0.15, 0.2) is 9.84 Å². The third-order valence-corrected chi connectivity index (χ3v) is 5.92. The van der Waals surface area contributed by atoms with E-state index in [-0.39, 0.29) is 5.75 Å². The molecule has 0 radical (unpaired) electrons. The number of nitrogens with one attached hydrogen (secondary N) is 1. The van der Waals surface area contributed by atoms with Crippen molar-refractivity contribution >= 4 is 21.7 Å². The highest BCUT2D eigenvalue weighted by atomic mass is 32.2. The van der Waals surface area contributed by atoms with Gasteiger partial charge in [-0.1, -0.05) is 20.3 Å². The molecule has 0 spiro atoms. The van der Waals surface area contributed by atoms with Crippen molar-refractivity contribution in [3.63, 3.8) is 0 Å². The van der Waals surface area contributed by atoms with E-state index in [9.17, 15) is 23.1 Å². The predicted octanol–water partition coefficient (Wildman–Crippen LogP) is 1.35. The maximum absolute atomic E-state index is 11.9. The number of aliphatic carboxylic acids is 1. The summed E-state index contributed by atoms with van der Waals surface area (Å²) in [5.41, 5.74) is -1.30. The van der Waals surface area contributed by atoms with E-state index in [4.69, 9.17) is 0 Å². The van der Waals surface area contributed by atoms with Crippen molar-refractivity contribution in [3.05, 3.63) is 0 Å². The molecular weight excluding hydrogens is 294 g/mol. The van der Waals surface area contributed by atoms with E-state index in [2.05, 4.69) is 12.2 Å². The Balaban J connectivity index is 2.72. The molecule has 0 aromatic heterocycles. The zero-order valence-corrected chi connectivity index (χ0v) is 13.5. The summed E-state index contributed by atoms with van der Waals surface area (Å²) in [5.74, 6) is -1.98. The summed E-state index contributed by atoms with van der Waals surface area (Å²) in [6, 6.07) is 0. The number of carboxylic acids is 1. The topological polar surface area (TPSA) is 101 Å². The van der Waals surface area contributed by atoms with Crippen LogP contribution in [0.2, 0.25) is 0 Å². The normalized spacial score (nSPS) is 26.3. The Bertz CT molecular complexity index is 478. The molecule has 1 saturated carbocycles. The fourth-order valence-electron chi connectivity index (χ4n) is 2.86. The second-order valence-electron chi connectivity index (χ2n) is 5.88. The molecule has 1 fully saturated rings. The van der Waals surface area contributed by atoms with Crippen LogP contribution in [0.3, 0.4) is 0 Å². The zero-order valence-electron chi connectivity index (χ0n) is 12.7. The lowest BCUT2D eigenvalue weighted by molar-refractivity contribution is -0.149. The first kappa shape index (κ1) is 17.9. The molecule has 1 rings (SSSR count). The van der Waals surface area contributed by atoms with Crippen LogP contribution in [0.4, 0.5) is 0 Å². The average molecular weight is 319 g/mol. The summed E-state index contributed by atoms with van der Waals surface area (Å²) in [5, 5.41) is 11.9. The summed E-state index contributed by atoms with van der Waals surface area (Å²) in [6.45, 7) is 3.79. The third kappa shape index (κ3) is 4.98. The molecular formula is C14H25NO5S. The van der Waals surface area contributed by atoms with Crippen LogP contribution in [-0.2, 0) is 19.4 Å². The lowest BCUT2D eigenvalue weighted by atomic mass is 9.75. The average Bonchev–Trinajstić information content (AvgIpc) is 2.38. The summed E-state index contributed by atoms with van der Waals surface area (Å²) >= 11 is 0. The summed E-state index contributed by atoms with van der Waals surface area (Å²) in [4.78, 5) is 23.4. The fourth-order valence-corrected chi connectivity index (χ4v) is 4.09. The number of carboxylic acid groups (broad SMARTS) is 1. The van der Waals surface area contributed by atoms with Crippen molar-refractivity contribution in [1.82, 2.24) is 5.32 Å². The van der Waals surface area contributed by atoms with Gasteiger partial charge in [0.1, 0.15) is 11.3 Å². The highest BCUT2D eigenvalue weighted by Gasteiger charge is 2.43. The van der Waals surface area contributed by atoms with Gasteiger partial charge in [-0.3, -0.25) is 4.79 Å². The molecule has 1 aliphatic carbocycles. The van der Waals surface area contributed by atoms with E-state index in [1.807, 2.05) is 0 Å². The number of carbonyl (C=O) groups is 2. The molecule has 21 heavy (non-hydrogen) atoms. The minimum atomic E-state index is -3.45. The molecule has 1 amide bonds. The zero-order chi connectivity index (χ0) is 16.1. The summed E-state index contributed by atoms with van der Waals surface area (Å²) in [6.07, 6.45) is 3.64. The molecule has 6 nitrogen and oxygen atoms in total. The van der Waals surface area contributed by atoms with Gasteiger partial charge < -0.3 is 10.4 Å². The van der Waals surface area contributed by atoms with Crippen molar-refractivity contribution in [3.8, 4) is 0 Å². The van der Waals surface area contributed by atoms with Crippen LogP contribution in [0.25, 0.3) is 0 Å². The number of carbonyl (C=O) groups excluding carboxylic acids is 1. The first-order valence-electron chi connectivity index (χ1n) is 7.49. The standard InChI is InChI=1S/C14H25NO5S/c1-3-9-21(19,20)10-12(16)15-14(13(17)18)7-5-11(4-2)6-8-14/h11H,3-10H2,1-2H3,(H,15,16)(H,17,18). The fraction of sp³-hybridized carbons (Fsp3) is 0.857. The quantitative estimate of drug-likeness (QED) is 0.737. The SMILES string of the molecule is CCCS(=O)(=O)CC(=O)NC1(C(=O)O)CCC(CC)CC1. The Hall–Kier alpha value is -1.11. The maximum Gasteiger partial charge on any atom is 0.329 e. The lowest BCUT2D eigenvalue weighted by Gasteiger charge is -2.37. The summed E-state index contributed by atoms with van der Waals surface area (Å²) in [7, 11) is -3.45. The second kappa shape index (κ2) is 7.24. The number of sulfone groups is 1. The Kier molecular flexibility index (Phi) is 6.19. The number of hydrogen-bond acceptors (Lipinski definition) is 4. The van der Waals surface area contributed by atoms with Crippen LogP contribution in [0.15, 0.2) is 0 Å². The number of hydrogen-bond donors (Lipinski definition) is 2. The van der Waals surface area contributed by atoms with Gasteiger partial charge in [-0.15, -0.1) is 0 Å². The monoisotopic (exact) mass is 319 g/mol. The molecule has 122 valence electrons. The van der Waals surface area contributed by atoms with Gasteiger partial charge in [-0.2, -0.15) is 0 Å². The van der Waals surface area contributed by atoms with Gasteiger partial charge in [0.25, 0.3) is 0 Å². The third-order valence-electron chi connectivity index (χ3n) is 4.19. The van der Waals surface area contributed by atoms with E-state index >= 15 is 0 Å². The van der Waals surface area contributed by atoms with Crippen LogP contribution in [-0.4, -0.2) is 42.4 Å². The first-order valence-corrected chi connectivity index (χ1v) is 9.31. The smallest absolute Gasteiger partial charge is 0.329 e. The Labute approximate surface area is 126 Å². The van der Waals surface area contributed by atoms with Gasteiger partial charge in [0.05, 0.1) is 5.75 Å². The van der Waals surface area contributed by atoms with Crippen molar-refractivity contribution < 1.29 is 23.1 Å². The van der Waals surface area contributed by atoms with Gasteiger partial charge >= 0.3 is 5.97 Å². The highest BCUT2D eigenvalue weighted by molar-refractivity contribution is 7.92. The van der Waals surface area contributed by atoms with Crippen LogP contribution in [0, 0.1) is 5.92 Å². The number of rotatable bonds is 7. The predicted molar refractivity (Wildman–Crippen MR) is 79.7 cm³/mol. The van der Waals surface area contributed by atoms with E-state index in [0.717, 1.165) is 19.3 Å². The van der Waals surface area contributed by atoms with E-state index in [1.54, 1.807) is 6.92 Å². The maximum atomic E-state index is 11.9. The highest BCUT2D eigenvalue weighted by Crippen LogP contribution is 2.34. The van der Waals surface area contributed by atoms with E-state index in [1.165, 1.54) is 0 Å². The summed E-state index contributed by atoms with van der Waals surface area (Å²) < 4.78 is 23.3. The van der Waals surface area contributed by atoms with Crippen LogP contribution in [0.5, 0.6) is 0 Å². The molecule has 0 bridgehead atoms. The molecule has 0 aliphatic heterocycles. The van der Waals surface area contributed by atoms with Gasteiger partial charge in [0.2, 0.25) is 5.91 Å². The molecule has 1 aliphatic rings. The number of amides is 1. The van der Waals surface area contributed by atoms with E-state index < -0.39 is 33.0 Å². The molecule has 0 unspecified atom stereocenters. The molecule has 0 aromatic carbocycles. The largest absolute Gasteiger partial charge is 0.480 e. The molecule has 0 heterocycles. The first-order chi connectivity index (χ1) is 9.74. The van der Waals surface area contributed by atoms with Crippen LogP contribution >= 0.6 is 0 Å². The molecule has 2 N–H and O–H groups in total. The molecule has 0 saturated heterocycles. The Morgan fingerprint density at radius 2 is 1.81 bits per heavy atom. The second-order valence-corrected chi connectivity index (χ2v) is 8.06. The van der Waals surface area contributed by atoms with Crippen molar-refractivity contribution in [2.45, 2.75) is 57.9 Å².